The first-order valence-electron chi connectivity index (χ1n) is 9.85. The highest BCUT2D eigenvalue weighted by molar-refractivity contribution is 7.15. The highest BCUT2D eigenvalue weighted by atomic mass is 32.1. The molecule has 0 radical (unpaired) electrons. The Morgan fingerprint density at radius 3 is 2.42 bits per heavy atom. The van der Waals surface area contributed by atoms with Crippen LogP contribution in [0.1, 0.15) is 39.8 Å². The van der Waals surface area contributed by atoms with Crippen molar-refractivity contribution in [1.29, 1.82) is 0 Å². The van der Waals surface area contributed by atoms with Gasteiger partial charge in [-0.2, -0.15) is 13.2 Å². The highest BCUT2D eigenvalue weighted by Crippen LogP contribution is 2.34. The fraction of sp³-hybridized carbons (Fsp3) is 0.348. The normalized spacial score (nSPS) is 12.7. The van der Waals surface area contributed by atoms with Crippen molar-refractivity contribution in [2.45, 2.75) is 39.0 Å². The van der Waals surface area contributed by atoms with Crippen molar-refractivity contribution in [2.24, 2.45) is 0 Å². The maximum absolute atomic E-state index is 12.8. The van der Waals surface area contributed by atoms with Crippen LogP contribution in [0, 0.1) is 13.8 Å². The topological polar surface area (TPSA) is 62.6 Å². The van der Waals surface area contributed by atoms with Crippen LogP contribution in [0.2, 0.25) is 0 Å². The van der Waals surface area contributed by atoms with Gasteiger partial charge < -0.3 is 14.9 Å². The molecule has 31 heavy (non-hydrogen) atoms. The number of alkyl halides is 3. The average Bonchev–Trinajstić information content (AvgIpc) is 3.11. The number of hydrogen-bond donors (Lipinski definition) is 2. The molecule has 0 spiro atoms. The lowest BCUT2D eigenvalue weighted by atomic mass is 10.0. The van der Waals surface area contributed by atoms with Gasteiger partial charge in [0.05, 0.1) is 24.0 Å². The van der Waals surface area contributed by atoms with E-state index in [4.69, 9.17) is 9.84 Å². The summed E-state index contributed by atoms with van der Waals surface area (Å²) >= 11 is 1.43. The first-order chi connectivity index (χ1) is 14.7. The van der Waals surface area contributed by atoms with Crippen molar-refractivity contribution in [1.82, 2.24) is 4.98 Å². The SMILES string of the molecule is Cc1cc(C(O)CCc2sc(-c3ccc(C(F)(F)F)cc3)nc2C)ccc1OCCO. The quantitative estimate of drug-likeness (QED) is 0.476. The summed E-state index contributed by atoms with van der Waals surface area (Å²) < 4.78 is 43.7. The molecule has 2 N–H and O–H groups in total. The molecule has 3 rings (SSSR count). The monoisotopic (exact) mass is 451 g/mol. The van der Waals surface area contributed by atoms with Gasteiger partial charge in [-0.15, -0.1) is 11.3 Å². The molecule has 0 saturated heterocycles. The van der Waals surface area contributed by atoms with Crippen LogP contribution in [0.15, 0.2) is 42.5 Å². The molecule has 1 unspecified atom stereocenters. The molecule has 1 atom stereocenters. The third kappa shape index (κ3) is 5.84. The smallest absolute Gasteiger partial charge is 0.416 e. The van der Waals surface area contributed by atoms with Gasteiger partial charge in [-0.1, -0.05) is 18.2 Å². The van der Waals surface area contributed by atoms with Gasteiger partial charge in [-0.3, -0.25) is 0 Å². The van der Waals surface area contributed by atoms with Crippen LogP contribution in [0.25, 0.3) is 10.6 Å². The number of benzene rings is 2. The van der Waals surface area contributed by atoms with Crippen molar-refractivity contribution in [3.63, 3.8) is 0 Å². The van der Waals surface area contributed by atoms with Crippen molar-refractivity contribution in [2.75, 3.05) is 13.2 Å². The van der Waals surface area contributed by atoms with E-state index in [0.717, 1.165) is 33.8 Å². The largest absolute Gasteiger partial charge is 0.491 e. The number of hydrogen-bond acceptors (Lipinski definition) is 5. The lowest BCUT2D eigenvalue weighted by Crippen LogP contribution is -2.04. The van der Waals surface area contributed by atoms with E-state index in [-0.39, 0.29) is 13.2 Å². The molecule has 0 amide bonds. The first-order valence-corrected chi connectivity index (χ1v) is 10.7. The maximum atomic E-state index is 12.8. The molecule has 1 heterocycles. The van der Waals surface area contributed by atoms with Crippen LogP contribution in [-0.4, -0.2) is 28.4 Å². The summed E-state index contributed by atoms with van der Waals surface area (Å²) in [5, 5.41) is 20.1. The summed E-state index contributed by atoms with van der Waals surface area (Å²) in [6.07, 6.45) is -3.93. The zero-order valence-electron chi connectivity index (χ0n) is 17.2. The number of aromatic nitrogens is 1. The second-order valence-electron chi connectivity index (χ2n) is 7.25. The van der Waals surface area contributed by atoms with E-state index < -0.39 is 17.8 Å². The lowest BCUT2D eigenvalue weighted by Gasteiger charge is -2.14. The lowest BCUT2D eigenvalue weighted by molar-refractivity contribution is -0.137. The van der Waals surface area contributed by atoms with Crippen LogP contribution >= 0.6 is 11.3 Å². The molecular formula is C23H24F3NO3S. The summed E-state index contributed by atoms with van der Waals surface area (Å²) in [6, 6.07) is 10.4. The van der Waals surface area contributed by atoms with Gasteiger partial charge in [-0.25, -0.2) is 4.98 Å². The van der Waals surface area contributed by atoms with Crippen LogP contribution < -0.4 is 4.74 Å². The second-order valence-corrected chi connectivity index (χ2v) is 8.34. The molecule has 0 saturated carbocycles. The Hall–Kier alpha value is -2.42. The number of aryl methyl sites for hydroxylation is 3. The Kier molecular flexibility index (Phi) is 7.35. The zero-order chi connectivity index (χ0) is 22.6. The molecule has 166 valence electrons. The Labute approximate surface area is 183 Å². The van der Waals surface area contributed by atoms with Gasteiger partial charge in [0.2, 0.25) is 0 Å². The first kappa shape index (κ1) is 23.2. The van der Waals surface area contributed by atoms with E-state index in [1.165, 1.54) is 23.5 Å². The molecule has 1 aromatic heterocycles. The molecule has 0 aliphatic rings. The van der Waals surface area contributed by atoms with E-state index in [0.29, 0.717) is 29.2 Å². The van der Waals surface area contributed by atoms with Gasteiger partial charge in [-0.05, 0) is 62.1 Å². The number of ether oxygens (including phenoxy) is 1. The van der Waals surface area contributed by atoms with Gasteiger partial charge in [0, 0.05) is 10.4 Å². The van der Waals surface area contributed by atoms with Gasteiger partial charge in [0.1, 0.15) is 17.4 Å². The van der Waals surface area contributed by atoms with Crippen molar-refractivity contribution in [3.8, 4) is 16.3 Å². The summed E-state index contributed by atoms with van der Waals surface area (Å²) in [5.74, 6) is 0.671. The van der Waals surface area contributed by atoms with Crippen LogP contribution in [0.4, 0.5) is 13.2 Å². The van der Waals surface area contributed by atoms with Crippen molar-refractivity contribution in [3.05, 3.63) is 69.7 Å². The number of thiazole rings is 1. The summed E-state index contributed by atoms with van der Waals surface area (Å²) in [7, 11) is 0. The number of halogens is 3. The van der Waals surface area contributed by atoms with E-state index in [9.17, 15) is 18.3 Å². The van der Waals surface area contributed by atoms with Crippen molar-refractivity contribution < 1.29 is 28.1 Å². The minimum atomic E-state index is -4.36. The Morgan fingerprint density at radius 2 is 1.81 bits per heavy atom. The Morgan fingerprint density at radius 1 is 1.10 bits per heavy atom. The number of aliphatic hydroxyl groups excluding tert-OH is 2. The average molecular weight is 452 g/mol. The molecule has 8 heteroatoms. The van der Waals surface area contributed by atoms with Gasteiger partial charge >= 0.3 is 6.18 Å². The summed E-state index contributed by atoms with van der Waals surface area (Å²) in [5.41, 5.74) is 2.43. The van der Waals surface area contributed by atoms with E-state index in [1.54, 1.807) is 12.1 Å². The molecule has 3 aromatic rings. The Bertz CT molecular complexity index is 1020. The molecule has 4 nitrogen and oxygen atoms in total. The molecule has 0 aliphatic carbocycles. The molecule has 0 fully saturated rings. The van der Waals surface area contributed by atoms with Crippen LogP contribution in [0.3, 0.4) is 0 Å². The third-order valence-corrected chi connectivity index (χ3v) is 6.20. The Balaban J connectivity index is 1.66. The molecule has 0 bridgehead atoms. The summed E-state index contributed by atoms with van der Waals surface area (Å²) in [4.78, 5) is 5.49. The summed E-state index contributed by atoms with van der Waals surface area (Å²) in [6.45, 7) is 3.90. The molecule has 0 aliphatic heterocycles. The van der Waals surface area contributed by atoms with Gasteiger partial charge in [0.25, 0.3) is 0 Å². The standard InChI is InChI=1S/C23H24F3NO3S/c1-14-13-17(5-9-20(14)30-12-11-28)19(29)8-10-21-15(2)27-22(31-21)16-3-6-18(7-4-16)23(24,25)26/h3-7,9,13,19,28-29H,8,10-12H2,1-2H3. The number of nitrogens with zero attached hydrogens (tertiary/aromatic N) is 1. The fourth-order valence-electron chi connectivity index (χ4n) is 3.22. The minimum absolute atomic E-state index is 0.0630. The van der Waals surface area contributed by atoms with E-state index in [2.05, 4.69) is 4.98 Å². The van der Waals surface area contributed by atoms with Crippen LogP contribution in [-0.2, 0) is 12.6 Å². The minimum Gasteiger partial charge on any atom is -0.491 e. The molecule has 2 aromatic carbocycles. The molecular weight excluding hydrogens is 427 g/mol. The third-order valence-electron chi connectivity index (χ3n) is 4.93. The van der Waals surface area contributed by atoms with Crippen LogP contribution in [0.5, 0.6) is 5.75 Å². The highest BCUT2D eigenvalue weighted by Gasteiger charge is 2.30. The second kappa shape index (κ2) is 9.80. The van der Waals surface area contributed by atoms with E-state index in [1.807, 2.05) is 19.9 Å². The predicted molar refractivity (Wildman–Crippen MR) is 114 cm³/mol. The number of rotatable bonds is 8. The van der Waals surface area contributed by atoms with Crippen molar-refractivity contribution >= 4 is 11.3 Å². The zero-order valence-corrected chi connectivity index (χ0v) is 18.1. The predicted octanol–water partition coefficient (Wildman–Crippen LogP) is 5.48. The van der Waals surface area contributed by atoms with Gasteiger partial charge in [0.15, 0.2) is 0 Å². The number of aliphatic hydroxyl groups is 2. The maximum Gasteiger partial charge on any atom is 0.416 e. The fourth-order valence-corrected chi connectivity index (χ4v) is 4.30. The van der Waals surface area contributed by atoms with E-state index >= 15 is 0 Å².